The van der Waals surface area contributed by atoms with Crippen molar-refractivity contribution in [2.75, 3.05) is 0 Å². The summed E-state index contributed by atoms with van der Waals surface area (Å²) in [5.41, 5.74) is 13.3. The van der Waals surface area contributed by atoms with Crippen LogP contribution in [0.2, 0.25) is 0 Å². The molecule has 0 aliphatic heterocycles. The van der Waals surface area contributed by atoms with Gasteiger partial charge in [0.2, 0.25) is 0 Å². The summed E-state index contributed by atoms with van der Waals surface area (Å²) < 4.78 is 4.95. The third kappa shape index (κ3) is 3.24. The van der Waals surface area contributed by atoms with Crippen LogP contribution in [0.3, 0.4) is 0 Å². The summed E-state index contributed by atoms with van der Waals surface area (Å²) in [6.07, 6.45) is 6.99. The summed E-state index contributed by atoms with van der Waals surface area (Å²) in [4.78, 5) is 0. The average molecular weight is 577 g/mol. The Kier molecular flexibility index (Phi) is 4.93. The number of benzene rings is 6. The predicted octanol–water partition coefficient (Wildman–Crippen LogP) is 11.4. The number of hydrogen-bond acceptors (Lipinski definition) is 0. The summed E-state index contributed by atoms with van der Waals surface area (Å²) in [7, 11) is 0. The number of allylic oxidation sites excluding steroid dienone is 4. The monoisotopic (exact) mass is 576 g/mol. The highest BCUT2D eigenvalue weighted by Gasteiger charge is 2.40. The Balaban J connectivity index is 1.27. The molecule has 0 saturated carbocycles. The summed E-state index contributed by atoms with van der Waals surface area (Å²) >= 11 is 0. The van der Waals surface area contributed by atoms with Gasteiger partial charge in [-0.2, -0.15) is 0 Å². The van der Waals surface area contributed by atoms with Crippen molar-refractivity contribution in [2.45, 2.75) is 32.1 Å². The first-order chi connectivity index (χ1) is 22.1. The molecule has 0 unspecified atom stereocenters. The lowest BCUT2D eigenvalue weighted by molar-refractivity contribution is 0.655. The van der Waals surface area contributed by atoms with Crippen molar-refractivity contribution in [1.82, 2.24) is 9.13 Å². The fourth-order valence-electron chi connectivity index (χ4n) is 8.64. The first-order valence-corrected chi connectivity index (χ1v) is 16.1. The van der Waals surface area contributed by atoms with Gasteiger partial charge in [0, 0.05) is 38.3 Å². The number of nitrogens with zero attached hydrogens (tertiary/aromatic N) is 2. The summed E-state index contributed by atoms with van der Waals surface area (Å²) in [6, 6.07) is 45.0. The number of hydrogen-bond donors (Lipinski definition) is 0. The molecule has 0 saturated heterocycles. The smallest absolute Gasteiger partial charge is 0.0588 e. The second-order valence-corrected chi connectivity index (χ2v) is 13.2. The number of fused-ring (bicyclic) bond motifs is 11. The normalized spacial score (nSPS) is 15.6. The third-order valence-corrected chi connectivity index (χ3v) is 10.6. The second kappa shape index (κ2) is 8.86. The van der Waals surface area contributed by atoms with Crippen molar-refractivity contribution in [2.24, 2.45) is 0 Å². The number of aromatic nitrogens is 2. The zero-order valence-electron chi connectivity index (χ0n) is 25.5. The minimum atomic E-state index is -0.0774. The lowest BCUT2D eigenvalue weighted by atomic mass is 9.79. The molecule has 8 aromatic rings. The van der Waals surface area contributed by atoms with Crippen LogP contribution in [0.4, 0.5) is 0 Å². The topological polar surface area (TPSA) is 9.86 Å². The Bertz CT molecular complexity index is 2550. The van der Waals surface area contributed by atoms with Crippen LogP contribution in [0.15, 0.2) is 139 Å². The Morgan fingerprint density at radius 2 is 1.20 bits per heavy atom. The van der Waals surface area contributed by atoms with Crippen LogP contribution in [0, 0.1) is 0 Å². The molecule has 0 radical (unpaired) electrons. The Morgan fingerprint density at radius 1 is 0.556 bits per heavy atom. The molecule has 2 heteroatoms. The Morgan fingerprint density at radius 3 is 1.93 bits per heavy atom. The van der Waals surface area contributed by atoms with Crippen LogP contribution in [0.1, 0.15) is 37.8 Å². The van der Waals surface area contributed by atoms with E-state index in [0.29, 0.717) is 0 Å². The van der Waals surface area contributed by atoms with Gasteiger partial charge in [0.15, 0.2) is 0 Å². The highest BCUT2D eigenvalue weighted by Crippen LogP contribution is 2.54. The summed E-state index contributed by atoms with van der Waals surface area (Å²) in [6.45, 7) is 4.85. The van der Waals surface area contributed by atoms with E-state index in [-0.39, 0.29) is 5.41 Å². The van der Waals surface area contributed by atoms with Gasteiger partial charge < -0.3 is 9.13 Å². The lowest BCUT2D eigenvalue weighted by Crippen LogP contribution is -2.18. The molecule has 0 spiro atoms. The molecule has 0 atom stereocenters. The molecule has 0 amide bonds. The highest BCUT2D eigenvalue weighted by molar-refractivity contribution is 6.22. The Labute approximate surface area is 262 Å². The van der Waals surface area contributed by atoms with Gasteiger partial charge in [-0.1, -0.05) is 105 Å². The molecular formula is C43H32N2. The van der Waals surface area contributed by atoms with E-state index in [2.05, 4.69) is 156 Å². The van der Waals surface area contributed by atoms with Gasteiger partial charge >= 0.3 is 0 Å². The first kappa shape index (κ1) is 25.0. The van der Waals surface area contributed by atoms with E-state index < -0.39 is 0 Å². The number of para-hydroxylation sites is 2. The van der Waals surface area contributed by atoms with E-state index in [4.69, 9.17) is 0 Å². The Hall–Kier alpha value is -5.34. The van der Waals surface area contributed by atoms with Gasteiger partial charge in [-0.3, -0.25) is 0 Å². The summed E-state index contributed by atoms with van der Waals surface area (Å²) in [5, 5.41) is 7.85. The van der Waals surface area contributed by atoms with Crippen LogP contribution in [-0.2, 0) is 5.41 Å². The maximum absolute atomic E-state index is 2.55. The molecule has 45 heavy (non-hydrogen) atoms. The molecule has 0 bridgehead atoms. The minimum absolute atomic E-state index is 0.0774. The van der Waals surface area contributed by atoms with Gasteiger partial charge in [-0.15, -0.1) is 0 Å². The highest BCUT2D eigenvalue weighted by atomic mass is 15.0. The van der Waals surface area contributed by atoms with Gasteiger partial charge in [-0.05, 0) is 88.4 Å². The van der Waals surface area contributed by atoms with Gasteiger partial charge in [0.25, 0.3) is 0 Å². The van der Waals surface area contributed by atoms with Crippen molar-refractivity contribution in [3.8, 4) is 11.4 Å². The minimum Gasteiger partial charge on any atom is -0.309 e. The fourth-order valence-corrected chi connectivity index (χ4v) is 8.64. The lowest BCUT2D eigenvalue weighted by Gasteiger charge is -2.25. The van der Waals surface area contributed by atoms with Crippen molar-refractivity contribution in [3.63, 3.8) is 0 Å². The maximum atomic E-state index is 2.55. The first-order valence-electron chi connectivity index (χ1n) is 16.1. The van der Waals surface area contributed by atoms with E-state index in [1.165, 1.54) is 88.0 Å². The molecule has 2 aliphatic carbocycles. The van der Waals surface area contributed by atoms with E-state index >= 15 is 0 Å². The predicted molar refractivity (Wildman–Crippen MR) is 191 cm³/mol. The molecule has 214 valence electrons. The maximum Gasteiger partial charge on any atom is 0.0588 e. The SMILES string of the molecule is CC1(C)C2=C(CCC=C2)c2ccc3c4c5ccccc5ccc4n(-c4ccc(-n5c6ccccc6c6ccccc65)cc4)c3c21. The summed E-state index contributed by atoms with van der Waals surface area (Å²) in [5.74, 6) is 0. The zero-order valence-corrected chi connectivity index (χ0v) is 25.5. The van der Waals surface area contributed by atoms with E-state index in [9.17, 15) is 0 Å². The van der Waals surface area contributed by atoms with Crippen LogP contribution >= 0.6 is 0 Å². The van der Waals surface area contributed by atoms with Crippen molar-refractivity contribution >= 4 is 60.0 Å². The standard InChI is InChI=1S/C43H32N2/c1-43(2)36-16-8-5-13-31(36)34-24-25-35-40-30-12-4-3-11-27(30)19-26-39(40)45(42(35)41(34)43)29-22-20-28(21-23-29)44-37-17-9-6-14-32(37)33-15-7-10-18-38(33)44/h3-4,6-12,14-26H,5,13H2,1-2H3. The van der Waals surface area contributed by atoms with Crippen molar-refractivity contribution in [1.29, 1.82) is 0 Å². The molecule has 2 aliphatic rings. The van der Waals surface area contributed by atoms with Crippen molar-refractivity contribution in [3.05, 3.63) is 150 Å². The third-order valence-electron chi connectivity index (χ3n) is 10.6. The molecular weight excluding hydrogens is 544 g/mol. The molecule has 6 aromatic carbocycles. The number of rotatable bonds is 2. The molecule has 2 aromatic heterocycles. The van der Waals surface area contributed by atoms with Gasteiger partial charge in [0.1, 0.15) is 0 Å². The fraction of sp³-hybridized carbons (Fsp3) is 0.116. The zero-order chi connectivity index (χ0) is 29.9. The largest absolute Gasteiger partial charge is 0.309 e. The average Bonchev–Trinajstić information content (AvgIpc) is 3.69. The van der Waals surface area contributed by atoms with Crippen LogP contribution in [-0.4, -0.2) is 9.13 Å². The quantitative estimate of drug-likeness (QED) is 0.194. The molecule has 0 fully saturated rings. The van der Waals surface area contributed by atoms with E-state index in [1.54, 1.807) is 0 Å². The van der Waals surface area contributed by atoms with Gasteiger partial charge in [0.05, 0.1) is 22.1 Å². The van der Waals surface area contributed by atoms with E-state index in [0.717, 1.165) is 12.8 Å². The molecule has 10 rings (SSSR count). The molecule has 0 N–H and O–H groups in total. The van der Waals surface area contributed by atoms with Crippen molar-refractivity contribution < 1.29 is 0 Å². The van der Waals surface area contributed by atoms with Crippen LogP contribution in [0.5, 0.6) is 0 Å². The molecule has 2 nitrogen and oxygen atoms in total. The second-order valence-electron chi connectivity index (χ2n) is 13.2. The van der Waals surface area contributed by atoms with Gasteiger partial charge in [-0.25, -0.2) is 0 Å². The van der Waals surface area contributed by atoms with E-state index in [1.807, 2.05) is 0 Å². The molecule has 2 heterocycles. The van der Waals surface area contributed by atoms with Crippen LogP contribution in [0.25, 0.3) is 71.3 Å². The van der Waals surface area contributed by atoms with Crippen LogP contribution < -0.4 is 0 Å².